The normalized spacial score (nSPS) is 12.8. The molecule has 1 heterocycles. The summed E-state index contributed by atoms with van der Waals surface area (Å²) in [6, 6.07) is 7.90. The first kappa shape index (κ1) is 16.4. The van der Waals surface area contributed by atoms with Crippen molar-refractivity contribution in [3.63, 3.8) is 0 Å². The van der Waals surface area contributed by atoms with E-state index in [0.29, 0.717) is 13.1 Å². The van der Waals surface area contributed by atoms with E-state index in [0.717, 1.165) is 20.9 Å². The number of rotatable bonds is 5. The van der Waals surface area contributed by atoms with Gasteiger partial charge in [0.25, 0.3) is 0 Å². The van der Waals surface area contributed by atoms with Gasteiger partial charge in [-0.05, 0) is 31.5 Å². The van der Waals surface area contributed by atoms with Crippen LogP contribution in [0.1, 0.15) is 19.4 Å². The SMILES string of the molecule is CC(C)(CNCc1ccc(Br)c2cccnc12)S(C)(=O)=O. The number of sulfone groups is 1. The summed E-state index contributed by atoms with van der Waals surface area (Å²) >= 11 is 3.52. The third-order valence-corrected chi connectivity index (χ3v) is 6.51. The molecule has 0 spiro atoms. The van der Waals surface area contributed by atoms with E-state index in [9.17, 15) is 8.42 Å². The number of hydrogen-bond acceptors (Lipinski definition) is 4. The fourth-order valence-corrected chi connectivity index (χ4v) is 2.78. The molecule has 0 radical (unpaired) electrons. The molecule has 2 aromatic rings. The highest BCUT2D eigenvalue weighted by Crippen LogP contribution is 2.25. The Bertz CT molecular complexity index is 757. The molecule has 0 aliphatic heterocycles. The van der Waals surface area contributed by atoms with Crippen molar-refractivity contribution in [2.24, 2.45) is 0 Å². The van der Waals surface area contributed by atoms with Crippen molar-refractivity contribution in [2.45, 2.75) is 25.1 Å². The predicted molar refractivity (Wildman–Crippen MR) is 90.1 cm³/mol. The Hall–Kier alpha value is -0.980. The molecule has 4 nitrogen and oxygen atoms in total. The maximum Gasteiger partial charge on any atom is 0.153 e. The van der Waals surface area contributed by atoms with Crippen LogP contribution in [-0.4, -0.2) is 30.9 Å². The Morgan fingerprint density at radius 2 is 2.00 bits per heavy atom. The van der Waals surface area contributed by atoms with Gasteiger partial charge in [0.2, 0.25) is 0 Å². The van der Waals surface area contributed by atoms with E-state index >= 15 is 0 Å². The number of fused-ring (bicyclic) bond motifs is 1. The number of benzene rings is 1. The Balaban J connectivity index is 2.17. The van der Waals surface area contributed by atoms with Crippen LogP contribution >= 0.6 is 15.9 Å². The number of aromatic nitrogens is 1. The van der Waals surface area contributed by atoms with E-state index in [1.54, 1.807) is 20.0 Å². The van der Waals surface area contributed by atoms with E-state index in [2.05, 4.69) is 26.2 Å². The summed E-state index contributed by atoms with van der Waals surface area (Å²) in [4.78, 5) is 4.42. The van der Waals surface area contributed by atoms with Crippen molar-refractivity contribution < 1.29 is 8.42 Å². The quantitative estimate of drug-likeness (QED) is 0.878. The lowest BCUT2D eigenvalue weighted by Gasteiger charge is -2.23. The topological polar surface area (TPSA) is 59.1 Å². The highest BCUT2D eigenvalue weighted by molar-refractivity contribution is 9.10. The van der Waals surface area contributed by atoms with Crippen LogP contribution in [0.4, 0.5) is 0 Å². The summed E-state index contributed by atoms with van der Waals surface area (Å²) in [6.07, 6.45) is 3.03. The molecule has 0 aliphatic carbocycles. The van der Waals surface area contributed by atoms with Crippen molar-refractivity contribution in [3.05, 3.63) is 40.5 Å². The molecule has 0 aliphatic rings. The first-order valence-electron chi connectivity index (χ1n) is 6.65. The van der Waals surface area contributed by atoms with Gasteiger partial charge < -0.3 is 5.32 Å². The number of nitrogens with zero attached hydrogens (tertiary/aromatic N) is 1. The molecule has 2 rings (SSSR count). The summed E-state index contributed by atoms with van der Waals surface area (Å²) in [5.41, 5.74) is 1.98. The first-order chi connectivity index (χ1) is 9.72. The lowest BCUT2D eigenvalue weighted by molar-refractivity contribution is 0.522. The summed E-state index contributed by atoms with van der Waals surface area (Å²) < 4.78 is 23.6. The zero-order chi connectivity index (χ0) is 15.7. The van der Waals surface area contributed by atoms with E-state index < -0.39 is 14.6 Å². The minimum absolute atomic E-state index is 0.399. The standard InChI is InChI=1S/C15H19BrN2O2S/c1-15(2,21(3,19)20)10-17-9-11-6-7-13(16)12-5-4-8-18-14(11)12/h4-8,17H,9-10H2,1-3H3. The lowest BCUT2D eigenvalue weighted by atomic mass is 10.1. The average Bonchev–Trinajstić information content (AvgIpc) is 2.40. The molecule has 0 saturated carbocycles. The number of halogens is 1. The van der Waals surface area contributed by atoms with Crippen LogP contribution in [0.2, 0.25) is 0 Å². The van der Waals surface area contributed by atoms with Gasteiger partial charge >= 0.3 is 0 Å². The summed E-state index contributed by atoms with van der Waals surface area (Å²) in [7, 11) is -3.09. The molecule has 0 amide bonds. The van der Waals surface area contributed by atoms with Gasteiger partial charge in [0.05, 0.1) is 10.3 Å². The van der Waals surface area contributed by atoms with Crippen molar-refractivity contribution in [1.82, 2.24) is 10.3 Å². The molecule has 0 saturated heterocycles. The second-order valence-corrected chi connectivity index (χ2v) is 9.25. The fraction of sp³-hybridized carbons (Fsp3) is 0.400. The molecular formula is C15H19BrN2O2S. The van der Waals surface area contributed by atoms with Gasteiger partial charge in [-0.2, -0.15) is 0 Å². The smallest absolute Gasteiger partial charge is 0.153 e. The van der Waals surface area contributed by atoms with Gasteiger partial charge in [-0.25, -0.2) is 8.42 Å². The maximum atomic E-state index is 11.7. The zero-order valence-corrected chi connectivity index (χ0v) is 14.8. The lowest BCUT2D eigenvalue weighted by Crippen LogP contribution is -2.41. The zero-order valence-electron chi connectivity index (χ0n) is 12.4. The molecule has 1 N–H and O–H groups in total. The maximum absolute atomic E-state index is 11.7. The summed E-state index contributed by atoms with van der Waals surface area (Å²) in [5.74, 6) is 0. The van der Waals surface area contributed by atoms with E-state index in [4.69, 9.17) is 0 Å². The van der Waals surface area contributed by atoms with E-state index in [1.165, 1.54) is 6.26 Å². The fourth-order valence-electron chi connectivity index (χ4n) is 1.97. The largest absolute Gasteiger partial charge is 0.311 e. The van der Waals surface area contributed by atoms with Crippen LogP contribution in [0.25, 0.3) is 10.9 Å². The van der Waals surface area contributed by atoms with Crippen LogP contribution in [-0.2, 0) is 16.4 Å². The molecule has 0 atom stereocenters. The third kappa shape index (κ3) is 3.62. The second-order valence-electron chi connectivity index (χ2n) is 5.74. The third-order valence-electron chi connectivity index (χ3n) is 3.67. The summed E-state index contributed by atoms with van der Waals surface area (Å²) in [6.45, 7) is 4.44. The molecular weight excluding hydrogens is 352 g/mol. The highest BCUT2D eigenvalue weighted by atomic mass is 79.9. The van der Waals surface area contributed by atoms with Crippen LogP contribution in [0.3, 0.4) is 0 Å². The minimum atomic E-state index is -3.09. The molecule has 1 aromatic heterocycles. The van der Waals surface area contributed by atoms with Gasteiger partial charge in [-0.1, -0.05) is 28.1 Å². The van der Waals surface area contributed by atoms with Crippen LogP contribution in [0.5, 0.6) is 0 Å². The average molecular weight is 371 g/mol. The van der Waals surface area contributed by atoms with Crippen molar-refractivity contribution in [3.8, 4) is 0 Å². The number of pyridine rings is 1. The Kier molecular flexibility index (Phi) is 4.70. The molecule has 6 heteroatoms. The highest BCUT2D eigenvalue weighted by Gasteiger charge is 2.29. The van der Waals surface area contributed by atoms with Gasteiger partial charge in [0.1, 0.15) is 0 Å². The molecule has 0 bridgehead atoms. The second kappa shape index (κ2) is 6.02. The Labute approximate surface area is 134 Å². The van der Waals surface area contributed by atoms with Crippen LogP contribution < -0.4 is 5.32 Å². The van der Waals surface area contributed by atoms with Gasteiger partial charge in [-0.3, -0.25) is 4.98 Å². The van der Waals surface area contributed by atoms with Gasteiger partial charge in [-0.15, -0.1) is 0 Å². The number of nitrogens with one attached hydrogen (secondary N) is 1. The van der Waals surface area contributed by atoms with Crippen molar-refractivity contribution in [2.75, 3.05) is 12.8 Å². The van der Waals surface area contributed by atoms with Crippen molar-refractivity contribution in [1.29, 1.82) is 0 Å². The molecule has 114 valence electrons. The van der Waals surface area contributed by atoms with Crippen molar-refractivity contribution >= 4 is 36.7 Å². The monoisotopic (exact) mass is 370 g/mol. The van der Waals surface area contributed by atoms with E-state index in [1.807, 2.05) is 24.3 Å². The molecule has 0 unspecified atom stereocenters. The van der Waals surface area contributed by atoms with Gasteiger partial charge in [0.15, 0.2) is 9.84 Å². The molecule has 0 fully saturated rings. The van der Waals surface area contributed by atoms with Crippen LogP contribution in [0, 0.1) is 0 Å². The summed E-state index contributed by atoms with van der Waals surface area (Å²) in [5, 5.41) is 4.28. The molecule has 1 aromatic carbocycles. The Morgan fingerprint density at radius 1 is 1.29 bits per heavy atom. The molecule has 21 heavy (non-hydrogen) atoms. The number of hydrogen-bond donors (Lipinski definition) is 1. The van der Waals surface area contributed by atoms with Crippen LogP contribution in [0.15, 0.2) is 34.9 Å². The van der Waals surface area contributed by atoms with E-state index in [-0.39, 0.29) is 0 Å². The Morgan fingerprint density at radius 3 is 2.67 bits per heavy atom. The minimum Gasteiger partial charge on any atom is -0.311 e. The van der Waals surface area contributed by atoms with Gasteiger partial charge in [0, 0.05) is 35.4 Å². The first-order valence-corrected chi connectivity index (χ1v) is 9.33. The predicted octanol–water partition coefficient (Wildman–Crippen LogP) is 2.91.